The number of ketones is 1. The van der Waals surface area contributed by atoms with E-state index >= 15 is 0 Å². The van der Waals surface area contributed by atoms with E-state index < -0.39 is 5.41 Å². The minimum atomic E-state index is -0.450. The van der Waals surface area contributed by atoms with Crippen molar-refractivity contribution in [2.45, 2.75) is 41.2 Å². The van der Waals surface area contributed by atoms with Crippen LogP contribution in [0.5, 0.6) is 0 Å². The summed E-state index contributed by atoms with van der Waals surface area (Å²) in [6.45, 7) is 9.68. The number of hydrogen-bond donors (Lipinski definition) is 0. The molecule has 0 aliphatic carbocycles. The molecule has 1 saturated heterocycles. The molecule has 0 saturated carbocycles. The second-order valence-corrected chi connectivity index (χ2v) is 7.16. The van der Waals surface area contributed by atoms with Gasteiger partial charge in [-0.1, -0.05) is 37.7 Å². The Labute approximate surface area is 128 Å². The van der Waals surface area contributed by atoms with Gasteiger partial charge in [0.2, 0.25) is 5.91 Å². The van der Waals surface area contributed by atoms with Crippen LogP contribution >= 0.6 is 11.8 Å². The highest BCUT2D eigenvalue weighted by molar-refractivity contribution is 8.04. The third-order valence-electron chi connectivity index (χ3n) is 3.40. The van der Waals surface area contributed by atoms with Gasteiger partial charge in [-0.2, -0.15) is 0 Å². The molecule has 0 spiro atoms. The van der Waals surface area contributed by atoms with E-state index in [1.807, 2.05) is 34.6 Å². The molecule has 1 aliphatic heterocycles. The number of aryl methyl sites for hydroxylation is 2. The molecule has 6 heteroatoms. The molecule has 0 radical (unpaired) electrons. The van der Waals surface area contributed by atoms with Gasteiger partial charge in [-0.3, -0.25) is 9.59 Å². The van der Waals surface area contributed by atoms with E-state index in [4.69, 9.17) is 4.52 Å². The minimum absolute atomic E-state index is 0.00737. The van der Waals surface area contributed by atoms with Gasteiger partial charge in [-0.25, -0.2) is 0 Å². The summed E-state index contributed by atoms with van der Waals surface area (Å²) in [6, 6.07) is 0. The van der Waals surface area contributed by atoms with Gasteiger partial charge >= 0.3 is 0 Å². The van der Waals surface area contributed by atoms with Crippen LogP contribution in [0.1, 0.15) is 37.8 Å². The molecule has 1 aromatic rings. The van der Waals surface area contributed by atoms with Crippen LogP contribution in [0.15, 0.2) is 15.6 Å². The molecule has 2 heterocycles. The summed E-state index contributed by atoms with van der Waals surface area (Å²) < 4.78 is 5.13. The number of hydrogen-bond acceptors (Lipinski definition) is 5. The molecule has 0 bridgehead atoms. The maximum Gasteiger partial charge on any atom is 0.238 e. The number of carbonyl (C=O) groups excluding carboxylic acids is 2. The molecule has 114 valence electrons. The largest absolute Gasteiger partial charge is 0.361 e. The zero-order chi connectivity index (χ0) is 15.8. The second kappa shape index (κ2) is 5.67. The van der Waals surface area contributed by atoms with Crippen LogP contribution in [0.2, 0.25) is 0 Å². The third kappa shape index (κ3) is 3.37. The van der Waals surface area contributed by atoms with Gasteiger partial charge in [-0.15, -0.1) is 0 Å². The van der Waals surface area contributed by atoms with E-state index in [0.717, 1.165) is 11.3 Å². The normalized spacial score (nSPS) is 17.9. The second-order valence-electron chi connectivity index (χ2n) is 6.17. The molecule has 21 heavy (non-hydrogen) atoms. The first-order valence-corrected chi connectivity index (χ1v) is 7.79. The Hall–Kier alpha value is -1.56. The SMILES string of the molecule is Cc1noc(C)c1CN1C(=O)CS/C1=C\C(=O)C(C)(C)C. The van der Waals surface area contributed by atoms with E-state index in [1.165, 1.54) is 11.8 Å². The molecule has 5 nitrogen and oxygen atoms in total. The standard InChI is InChI=1S/C15H20N2O3S/c1-9-11(10(2)20-16-9)7-17-13(19)8-21-14(17)6-12(18)15(3,4)5/h6H,7-8H2,1-5H3/b14-6-. The van der Waals surface area contributed by atoms with Gasteiger partial charge in [0.15, 0.2) is 5.78 Å². The lowest BCUT2D eigenvalue weighted by atomic mass is 9.91. The Morgan fingerprint density at radius 3 is 2.62 bits per heavy atom. The van der Waals surface area contributed by atoms with Crippen molar-refractivity contribution in [1.82, 2.24) is 10.1 Å². The number of allylic oxidation sites excluding steroid dienone is 1. The Morgan fingerprint density at radius 1 is 1.43 bits per heavy atom. The Balaban J connectivity index is 2.26. The molecule has 1 aliphatic rings. The van der Waals surface area contributed by atoms with Crippen molar-refractivity contribution in [2.75, 3.05) is 5.75 Å². The molecular weight excluding hydrogens is 288 g/mol. The van der Waals surface area contributed by atoms with Crippen LogP contribution in [0.4, 0.5) is 0 Å². The highest BCUT2D eigenvalue weighted by atomic mass is 32.2. The molecule has 0 unspecified atom stereocenters. The molecule has 1 amide bonds. The fraction of sp³-hybridized carbons (Fsp3) is 0.533. The van der Waals surface area contributed by atoms with Crippen molar-refractivity contribution in [3.05, 3.63) is 28.1 Å². The first kappa shape index (κ1) is 15.8. The summed E-state index contributed by atoms with van der Waals surface area (Å²) >= 11 is 1.40. The zero-order valence-electron chi connectivity index (χ0n) is 13.0. The summed E-state index contributed by atoms with van der Waals surface area (Å²) in [5.74, 6) is 1.10. The van der Waals surface area contributed by atoms with Crippen LogP contribution in [0.3, 0.4) is 0 Å². The topological polar surface area (TPSA) is 63.4 Å². The van der Waals surface area contributed by atoms with Gasteiger partial charge in [0.05, 0.1) is 23.0 Å². The number of amides is 1. The molecule has 0 N–H and O–H groups in total. The molecule has 2 rings (SSSR count). The predicted molar refractivity (Wildman–Crippen MR) is 81.5 cm³/mol. The smallest absolute Gasteiger partial charge is 0.238 e. The van der Waals surface area contributed by atoms with Gasteiger partial charge in [0.1, 0.15) is 5.76 Å². The van der Waals surface area contributed by atoms with Crippen LogP contribution in [-0.2, 0) is 16.1 Å². The summed E-state index contributed by atoms with van der Waals surface area (Å²) in [7, 11) is 0. The summed E-state index contributed by atoms with van der Waals surface area (Å²) in [4.78, 5) is 25.9. The first-order chi connectivity index (χ1) is 9.70. The summed E-state index contributed by atoms with van der Waals surface area (Å²) in [5, 5.41) is 4.61. The van der Waals surface area contributed by atoms with Crippen molar-refractivity contribution < 1.29 is 14.1 Å². The first-order valence-electron chi connectivity index (χ1n) is 6.81. The number of aromatic nitrogens is 1. The third-order valence-corrected chi connectivity index (χ3v) is 4.43. The van der Waals surface area contributed by atoms with Crippen molar-refractivity contribution in [1.29, 1.82) is 0 Å². The predicted octanol–water partition coefficient (Wildman–Crippen LogP) is 2.82. The number of rotatable bonds is 3. The highest BCUT2D eigenvalue weighted by Crippen LogP contribution is 2.32. The van der Waals surface area contributed by atoms with Crippen molar-refractivity contribution >= 4 is 23.5 Å². The van der Waals surface area contributed by atoms with E-state index in [1.54, 1.807) is 11.0 Å². The van der Waals surface area contributed by atoms with Crippen molar-refractivity contribution in [3.8, 4) is 0 Å². The maximum absolute atomic E-state index is 12.2. The van der Waals surface area contributed by atoms with Crippen LogP contribution in [0.25, 0.3) is 0 Å². The molecule has 0 aromatic carbocycles. The summed E-state index contributed by atoms with van der Waals surface area (Å²) in [5.41, 5.74) is 1.23. The monoisotopic (exact) mass is 308 g/mol. The fourth-order valence-corrected chi connectivity index (χ4v) is 2.85. The summed E-state index contributed by atoms with van der Waals surface area (Å²) in [6.07, 6.45) is 1.58. The Kier molecular flexibility index (Phi) is 4.27. The minimum Gasteiger partial charge on any atom is -0.361 e. The molecular formula is C15H20N2O3S. The van der Waals surface area contributed by atoms with Gasteiger partial charge in [0.25, 0.3) is 0 Å². The molecule has 0 atom stereocenters. The lowest BCUT2D eigenvalue weighted by molar-refractivity contribution is -0.125. The van der Waals surface area contributed by atoms with Gasteiger partial charge < -0.3 is 9.42 Å². The quantitative estimate of drug-likeness (QED) is 0.803. The van der Waals surface area contributed by atoms with Crippen LogP contribution in [-0.4, -0.2) is 27.5 Å². The Bertz CT molecular complexity index is 591. The van der Waals surface area contributed by atoms with E-state index in [-0.39, 0.29) is 11.7 Å². The maximum atomic E-state index is 12.2. The van der Waals surface area contributed by atoms with Crippen molar-refractivity contribution in [3.63, 3.8) is 0 Å². The van der Waals surface area contributed by atoms with Crippen LogP contribution in [0, 0.1) is 19.3 Å². The molecule has 1 fully saturated rings. The van der Waals surface area contributed by atoms with E-state index in [2.05, 4.69) is 5.16 Å². The van der Waals surface area contributed by atoms with Crippen LogP contribution < -0.4 is 0 Å². The van der Waals surface area contributed by atoms with Gasteiger partial charge in [-0.05, 0) is 13.8 Å². The average molecular weight is 308 g/mol. The van der Waals surface area contributed by atoms with E-state index in [9.17, 15) is 9.59 Å². The number of nitrogens with zero attached hydrogens (tertiary/aromatic N) is 2. The molecule has 1 aromatic heterocycles. The zero-order valence-corrected chi connectivity index (χ0v) is 13.8. The van der Waals surface area contributed by atoms with Crippen molar-refractivity contribution in [2.24, 2.45) is 5.41 Å². The lowest BCUT2D eigenvalue weighted by Crippen LogP contribution is -2.26. The van der Waals surface area contributed by atoms with E-state index in [0.29, 0.717) is 23.1 Å². The number of carbonyl (C=O) groups is 2. The fourth-order valence-electron chi connectivity index (χ4n) is 1.91. The number of thioether (sulfide) groups is 1. The Morgan fingerprint density at radius 2 is 2.10 bits per heavy atom. The highest BCUT2D eigenvalue weighted by Gasteiger charge is 2.30. The lowest BCUT2D eigenvalue weighted by Gasteiger charge is -2.19. The average Bonchev–Trinajstić information content (AvgIpc) is 2.87. The van der Waals surface area contributed by atoms with Gasteiger partial charge in [0, 0.05) is 17.1 Å².